The van der Waals surface area contributed by atoms with Crippen molar-refractivity contribution in [1.29, 1.82) is 0 Å². The zero-order chi connectivity index (χ0) is 17.5. The normalized spacial score (nSPS) is 16.4. The van der Waals surface area contributed by atoms with Gasteiger partial charge in [-0.1, -0.05) is 35.4 Å². The lowest BCUT2D eigenvalue weighted by molar-refractivity contribution is -0.180. The molecule has 0 fully saturated rings. The highest BCUT2D eigenvalue weighted by Crippen LogP contribution is 2.41. The van der Waals surface area contributed by atoms with Crippen LogP contribution in [0.25, 0.3) is 0 Å². The number of ether oxygens (including phenoxy) is 2. The van der Waals surface area contributed by atoms with Gasteiger partial charge in [0.2, 0.25) is 0 Å². The summed E-state index contributed by atoms with van der Waals surface area (Å²) in [6.07, 6.45) is -0.0346. The molecule has 0 N–H and O–H groups in total. The van der Waals surface area contributed by atoms with Gasteiger partial charge in [0.15, 0.2) is 0 Å². The minimum Gasteiger partial charge on any atom is -0.795 e. The molecule has 2 aromatic carbocycles. The van der Waals surface area contributed by atoms with Gasteiger partial charge >= 0.3 is 0 Å². The van der Waals surface area contributed by atoms with Crippen molar-refractivity contribution in [2.75, 3.05) is 12.7 Å². The van der Waals surface area contributed by atoms with Crippen molar-refractivity contribution in [1.82, 2.24) is 0 Å². The van der Waals surface area contributed by atoms with Gasteiger partial charge in [-0.15, -0.1) is 0 Å². The molecule has 0 radical (unpaired) electrons. The molecule has 0 bridgehead atoms. The van der Waals surface area contributed by atoms with Gasteiger partial charge in [-0.2, -0.15) is 0 Å². The van der Waals surface area contributed by atoms with Crippen LogP contribution < -0.4 is 14.4 Å². The second kappa shape index (κ2) is 6.27. The highest BCUT2D eigenvalue weighted by atomic mass is 31.2. The Kier molecular flexibility index (Phi) is 4.46. The maximum Gasteiger partial charge on any atom is 0.131 e. The number of hydrogen-bond acceptors (Lipinski definition) is 4. The van der Waals surface area contributed by atoms with Gasteiger partial charge in [0.1, 0.15) is 24.2 Å². The van der Waals surface area contributed by atoms with Crippen molar-refractivity contribution < 1.29 is 18.9 Å². The fourth-order valence-electron chi connectivity index (χ4n) is 3.33. The Morgan fingerprint density at radius 3 is 1.67 bits per heavy atom. The Labute approximate surface area is 142 Å². The molecule has 24 heavy (non-hydrogen) atoms. The zero-order valence-electron chi connectivity index (χ0n) is 14.5. The summed E-state index contributed by atoms with van der Waals surface area (Å²) in [6.45, 7) is 7.96. The molecule has 0 saturated carbocycles. The fraction of sp³-hybridized carbons (Fsp3) is 0.368. The van der Waals surface area contributed by atoms with Crippen molar-refractivity contribution in [3.8, 4) is 11.5 Å². The molecule has 1 aliphatic heterocycles. The largest absolute Gasteiger partial charge is 0.795 e. The van der Waals surface area contributed by atoms with Crippen LogP contribution in [0, 0.1) is 27.7 Å². The van der Waals surface area contributed by atoms with Crippen molar-refractivity contribution in [3.63, 3.8) is 0 Å². The Hall–Kier alpha value is -1.77. The summed E-state index contributed by atoms with van der Waals surface area (Å²) in [6, 6.07) is 8.14. The molecular weight excluding hydrogens is 323 g/mol. The van der Waals surface area contributed by atoms with Crippen LogP contribution in [0.15, 0.2) is 24.3 Å². The summed E-state index contributed by atoms with van der Waals surface area (Å²) in [4.78, 5) is 12.2. The third-order valence-corrected chi connectivity index (χ3v) is 5.23. The first-order valence-electron chi connectivity index (χ1n) is 8.00. The quantitative estimate of drug-likeness (QED) is 0.681. The number of hydrogen-bond donors (Lipinski definition) is 0. The molecule has 4 nitrogen and oxygen atoms in total. The summed E-state index contributed by atoms with van der Waals surface area (Å²) in [7, 11) is -3.77. The standard InChI is InChI=1S/C19H23O4P/c1-12-5-14(3)18-16(7-12)9-17-8-13(2)6-15(4)19(17)23-11-24(20,21)10-22-18/h5-8H,9-11H2,1-4H3,(H,20,21)/p-1. The van der Waals surface area contributed by atoms with Crippen LogP contribution in [0.5, 0.6) is 11.5 Å². The summed E-state index contributed by atoms with van der Waals surface area (Å²) in [5.74, 6) is 1.34. The lowest BCUT2D eigenvalue weighted by Gasteiger charge is -2.28. The van der Waals surface area contributed by atoms with Crippen LogP contribution in [0.1, 0.15) is 33.4 Å². The summed E-state index contributed by atoms with van der Waals surface area (Å²) < 4.78 is 23.6. The van der Waals surface area contributed by atoms with Crippen molar-refractivity contribution in [3.05, 3.63) is 57.6 Å². The first-order chi connectivity index (χ1) is 11.2. The van der Waals surface area contributed by atoms with Gasteiger partial charge in [0, 0.05) is 6.42 Å². The maximum absolute atomic E-state index is 12.2. The highest BCUT2D eigenvalue weighted by Gasteiger charge is 2.20. The topological polar surface area (TPSA) is 58.6 Å². The molecule has 0 aromatic heterocycles. The van der Waals surface area contributed by atoms with E-state index in [9.17, 15) is 9.46 Å². The third kappa shape index (κ3) is 3.50. The molecule has 128 valence electrons. The van der Waals surface area contributed by atoms with E-state index in [0.29, 0.717) is 17.9 Å². The van der Waals surface area contributed by atoms with Crippen LogP contribution in [0.3, 0.4) is 0 Å². The minimum atomic E-state index is -3.77. The van der Waals surface area contributed by atoms with Crippen LogP contribution >= 0.6 is 7.37 Å². The minimum absolute atomic E-state index is 0.343. The number of fused-ring (bicyclic) bond motifs is 2. The van der Waals surface area contributed by atoms with Crippen molar-refractivity contribution in [2.45, 2.75) is 34.1 Å². The van der Waals surface area contributed by atoms with E-state index < -0.39 is 7.37 Å². The maximum atomic E-state index is 12.2. The predicted octanol–water partition coefficient (Wildman–Crippen LogP) is 3.84. The van der Waals surface area contributed by atoms with E-state index >= 15 is 0 Å². The number of benzene rings is 2. The summed E-state index contributed by atoms with van der Waals surface area (Å²) in [5, 5.41) is 0. The molecule has 0 saturated heterocycles. The molecule has 3 rings (SSSR count). The van der Waals surface area contributed by atoms with E-state index in [2.05, 4.69) is 12.1 Å². The molecular formula is C19H22O4P-. The van der Waals surface area contributed by atoms with E-state index in [1.807, 2.05) is 39.8 Å². The highest BCUT2D eigenvalue weighted by molar-refractivity contribution is 7.56. The van der Waals surface area contributed by atoms with Crippen molar-refractivity contribution >= 4 is 7.37 Å². The van der Waals surface area contributed by atoms with E-state index in [1.54, 1.807) is 0 Å². The molecule has 0 aliphatic carbocycles. The average Bonchev–Trinajstić information content (AvgIpc) is 2.44. The van der Waals surface area contributed by atoms with E-state index in [-0.39, 0.29) is 12.7 Å². The van der Waals surface area contributed by atoms with Gasteiger partial charge in [0.25, 0.3) is 0 Å². The molecule has 0 amide bonds. The molecule has 5 heteroatoms. The van der Waals surface area contributed by atoms with Gasteiger partial charge < -0.3 is 18.9 Å². The lowest BCUT2D eigenvalue weighted by atomic mass is 9.96. The molecule has 0 atom stereocenters. The van der Waals surface area contributed by atoms with Crippen LogP contribution in [0.4, 0.5) is 0 Å². The molecule has 0 unspecified atom stereocenters. The zero-order valence-corrected chi connectivity index (χ0v) is 15.4. The second-order valence-corrected chi connectivity index (χ2v) is 8.82. The van der Waals surface area contributed by atoms with E-state index in [0.717, 1.165) is 33.4 Å². The average molecular weight is 345 g/mol. The van der Waals surface area contributed by atoms with E-state index in [1.165, 1.54) is 0 Å². The van der Waals surface area contributed by atoms with Crippen molar-refractivity contribution in [2.24, 2.45) is 0 Å². The van der Waals surface area contributed by atoms with Crippen LogP contribution in [-0.4, -0.2) is 12.7 Å². The van der Waals surface area contributed by atoms with Gasteiger partial charge in [-0.25, -0.2) is 0 Å². The number of aryl methyl sites for hydroxylation is 4. The Balaban J connectivity index is 2.19. The van der Waals surface area contributed by atoms with E-state index in [4.69, 9.17) is 9.47 Å². The molecule has 1 aliphatic rings. The van der Waals surface area contributed by atoms with Crippen LogP contribution in [0.2, 0.25) is 0 Å². The number of rotatable bonds is 0. The monoisotopic (exact) mass is 345 g/mol. The second-order valence-electron chi connectivity index (χ2n) is 6.68. The first kappa shape index (κ1) is 17.1. The smallest absolute Gasteiger partial charge is 0.131 e. The summed E-state index contributed by atoms with van der Waals surface area (Å²) in [5.41, 5.74) is 6.15. The van der Waals surface area contributed by atoms with Crippen LogP contribution in [-0.2, 0) is 11.0 Å². The molecule has 2 aromatic rings. The van der Waals surface area contributed by atoms with Gasteiger partial charge in [-0.05, 0) is 49.9 Å². The Morgan fingerprint density at radius 2 is 1.25 bits per heavy atom. The fourth-order valence-corrected chi connectivity index (χ4v) is 4.05. The predicted molar refractivity (Wildman–Crippen MR) is 93.2 cm³/mol. The lowest BCUT2D eigenvalue weighted by Crippen LogP contribution is -2.19. The third-order valence-electron chi connectivity index (χ3n) is 4.18. The Morgan fingerprint density at radius 1 is 0.833 bits per heavy atom. The molecule has 1 heterocycles. The summed E-state index contributed by atoms with van der Waals surface area (Å²) >= 11 is 0. The van der Waals surface area contributed by atoms with Gasteiger partial charge in [-0.3, -0.25) is 0 Å². The molecule has 0 spiro atoms. The first-order valence-corrected chi connectivity index (χ1v) is 9.99. The SMILES string of the molecule is Cc1cc(C)c2c(c1)Cc1cc(C)cc(C)c1OCP(=O)([O-])CO2. The Bertz CT molecular complexity index is 776. The van der Waals surface area contributed by atoms with Gasteiger partial charge in [0.05, 0.1) is 7.37 Å².